The molecule has 1 atom stereocenters. The second-order valence-corrected chi connectivity index (χ2v) is 7.87. The average Bonchev–Trinajstić information content (AvgIpc) is 3.33. The number of hydrazone groups is 1. The van der Waals surface area contributed by atoms with Gasteiger partial charge < -0.3 is 9.84 Å². The van der Waals surface area contributed by atoms with Gasteiger partial charge in [0, 0.05) is 16.0 Å². The quantitative estimate of drug-likeness (QED) is 0.579. The van der Waals surface area contributed by atoms with Crippen molar-refractivity contribution in [2.75, 3.05) is 12.1 Å². The molecule has 1 aromatic heterocycles. The Bertz CT molecular complexity index is 1080. The van der Waals surface area contributed by atoms with E-state index in [0.29, 0.717) is 32.6 Å². The number of rotatable bonds is 4. The van der Waals surface area contributed by atoms with Crippen molar-refractivity contribution in [3.05, 3.63) is 64.5 Å². The second-order valence-electron chi connectivity index (χ2n) is 6.60. The Morgan fingerprint density at radius 2 is 1.73 bits per heavy atom. The van der Waals surface area contributed by atoms with Crippen molar-refractivity contribution in [2.45, 2.75) is 18.3 Å². The molecule has 1 aliphatic rings. The maximum atomic E-state index is 13.8. The first-order valence-corrected chi connectivity index (χ1v) is 10.00. The van der Waals surface area contributed by atoms with Gasteiger partial charge in [0.05, 0.1) is 24.9 Å². The fourth-order valence-electron chi connectivity index (χ4n) is 3.03. The lowest BCUT2D eigenvalue weighted by atomic mass is 10.0. The molecule has 3 aromatic rings. The minimum absolute atomic E-state index is 0.0664. The summed E-state index contributed by atoms with van der Waals surface area (Å²) in [5.41, 5.74) is -1.49. The Balaban J connectivity index is 1.72. The highest BCUT2D eigenvalue weighted by molar-refractivity contribution is 7.14. The Morgan fingerprint density at radius 1 is 1.10 bits per heavy atom. The Labute approximate surface area is 179 Å². The van der Waals surface area contributed by atoms with Crippen LogP contribution in [-0.4, -0.2) is 34.8 Å². The Kier molecular flexibility index (Phi) is 5.21. The molecule has 0 spiro atoms. The predicted octanol–water partition coefficient (Wildman–Crippen LogP) is 5.34. The number of halogens is 4. The van der Waals surface area contributed by atoms with Gasteiger partial charge in [0.2, 0.25) is 5.13 Å². The van der Waals surface area contributed by atoms with Crippen LogP contribution in [0, 0.1) is 0 Å². The molecule has 2 heterocycles. The molecule has 0 saturated heterocycles. The number of thiazole rings is 1. The highest BCUT2D eigenvalue weighted by Crippen LogP contribution is 2.45. The fraction of sp³-hybridized carbons (Fsp3) is 0.200. The molecule has 0 amide bonds. The standard InChI is InChI=1S/C20H15ClF3N3O2S/c1-29-15-8-4-12(5-9-15)16-10-19(28,20(22,23)24)27(26-16)18-25-17(11-30-18)13-2-6-14(21)7-3-13/h2-9,11,28H,10H2,1H3/t19-/m0/s1. The number of hydrogen-bond acceptors (Lipinski definition) is 6. The molecule has 0 bridgehead atoms. The summed E-state index contributed by atoms with van der Waals surface area (Å²) in [6.07, 6.45) is -5.67. The van der Waals surface area contributed by atoms with Crippen LogP contribution in [0.25, 0.3) is 11.3 Å². The van der Waals surface area contributed by atoms with E-state index in [1.54, 1.807) is 53.9 Å². The van der Waals surface area contributed by atoms with Gasteiger partial charge in [-0.25, -0.2) is 4.98 Å². The highest BCUT2D eigenvalue weighted by atomic mass is 35.5. The largest absolute Gasteiger partial charge is 0.497 e. The third-order valence-corrected chi connectivity index (χ3v) is 5.74. The van der Waals surface area contributed by atoms with Gasteiger partial charge in [-0.05, 0) is 42.0 Å². The smallest absolute Gasteiger partial charge is 0.438 e. The van der Waals surface area contributed by atoms with Crippen molar-refractivity contribution >= 4 is 33.8 Å². The van der Waals surface area contributed by atoms with E-state index in [2.05, 4.69) is 10.1 Å². The lowest BCUT2D eigenvalue weighted by molar-refractivity contribution is -0.254. The van der Waals surface area contributed by atoms with Crippen LogP contribution in [0.5, 0.6) is 5.75 Å². The van der Waals surface area contributed by atoms with E-state index in [4.69, 9.17) is 16.3 Å². The maximum absolute atomic E-state index is 13.8. The van der Waals surface area contributed by atoms with E-state index in [-0.39, 0.29) is 10.8 Å². The number of anilines is 1. The van der Waals surface area contributed by atoms with E-state index >= 15 is 0 Å². The molecule has 2 aromatic carbocycles. The van der Waals surface area contributed by atoms with Gasteiger partial charge in [-0.1, -0.05) is 23.7 Å². The van der Waals surface area contributed by atoms with Gasteiger partial charge in [0.15, 0.2) is 0 Å². The Hall–Kier alpha value is -2.62. The minimum atomic E-state index is -4.95. The maximum Gasteiger partial charge on any atom is 0.438 e. The van der Waals surface area contributed by atoms with Crippen molar-refractivity contribution in [3.63, 3.8) is 0 Å². The first kappa shape index (κ1) is 20.6. The molecule has 0 unspecified atom stereocenters. The summed E-state index contributed by atoms with van der Waals surface area (Å²) in [6.45, 7) is 0. The third kappa shape index (κ3) is 3.64. The normalized spacial score (nSPS) is 19.1. The number of ether oxygens (including phenoxy) is 1. The SMILES string of the molecule is COc1ccc(C2=NN(c3nc(-c4ccc(Cl)cc4)cs3)[C@@](O)(C(F)(F)F)C2)cc1. The minimum Gasteiger partial charge on any atom is -0.497 e. The molecule has 1 aliphatic heterocycles. The number of hydrogen-bond donors (Lipinski definition) is 1. The topological polar surface area (TPSA) is 58.0 Å². The molecular weight excluding hydrogens is 439 g/mol. The van der Waals surface area contributed by atoms with Gasteiger partial charge >= 0.3 is 6.18 Å². The van der Waals surface area contributed by atoms with Crippen molar-refractivity contribution in [1.29, 1.82) is 0 Å². The predicted molar refractivity (Wildman–Crippen MR) is 110 cm³/mol. The first-order chi connectivity index (χ1) is 14.2. The molecule has 30 heavy (non-hydrogen) atoms. The molecule has 1 N–H and O–H groups in total. The summed E-state index contributed by atoms with van der Waals surface area (Å²) in [6, 6.07) is 13.2. The summed E-state index contributed by atoms with van der Waals surface area (Å²) in [5.74, 6) is 0.563. The number of alkyl halides is 3. The van der Waals surface area contributed by atoms with Crippen LogP contribution >= 0.6 is 22.9 Å². The van der Waals surface area contributed by atoms with Crippen LogP contribution in [0.3, 0.4) is 0 Å². The summed E-state index contributed by atoms with van der Waals surface area (Å²) in [5, 5.41) is 17.3. The molecule has 10 heteroatoms. The third-order valence-electron chi connectivity index (χ3n) is 4.68. The van der Waals surface area contributed by atoms with Crippen molar-refractivity contribution in [1.82, 2.24) is 4.98 Å². The fourth-order valence-corrected chi connectivity index (χ4v) is 4.00. The zero-order chi connectivity index (χ0) is 21.5. The molecule has 0 fully saturated rings. The van der Waals surface area contributed by atoms with Crippen LogP contribution < -0.4 is 9.75 Å². The Morgan fingerprint density at radius 3 is 2.33 bits per heavy atom. The zero-order valence-electron chi connectivity index (χ0n) is 15.5. The van der Waals surface area contributed by atoms with E-state index in [1.165, 1.54) is 7.11 Å². The summed E-state index contributed by atoms with van der Waals surface area (Å²) >= 11 is 6.84. The van der Waals surface area contributed by atoms with Gasteiger partial charge in [0.25, 0.3) is 5.72 Å². The number of nitrogens with zero attached hydrogens (tertiary/aromatic N) is 3. The van der Waals surface area contributed by atoms with Crippen LogP contribution in [0.2, 0.25) is 5.02 Å². The number of aromatic nitrogens is 1. The highest BCUT2D eigenvalue weighted by Gasteiger charge is 2.62. The summed E-state index contributed by atoms with van der Waals surface area (Å²) in [4.78, 5) is 4.27. The first-order valence-electron chi connectivity index (χ1n) is 8.74. The lowest BCUT2D eigenvalue weighted by Crippen LogP contribution is -2.55. The molecule has 156 valence electrons. The molecule has 0 saturated carbocycles. The zero-order valence-corrected chi connectivity index (χ0v) is 17.1. The molecule has 0 aliphatic carbocycles. The van der Waals surface area contributed by atoms with E-state index in [0.717, 1.165) is 11.3 Å². The van der Waals surface area contributed by atoms with Crippen molar-refractivity contribution < 1.29 is 23.0 Å². The van der Waals surface area contributed by atoms with E-state index in [9.17, 15) is 18.3 Å². The van der Waals surface area contributed by atoms with Gasteiger partial charge in [-0.3, -0.25) is 0 Å². The van der Waals surface area contributed by atoms with Gasteiger partial charge in [-0.15, -0.1) is 11.3 Å². The van der Waals surface area contributed by atoms with Gasteiger partial charge in [-0.2, -0.15) is 23.3 Å². The van der Waals surface area contributed by atoms with E-state index in [1.807, 2.05) is 0 Å². The number of methoxy groups -OCH3 is 1. The molecular formula is C20H15ClF3N3O2S. The molecule has 5 nitrogen and oxygen atoms in total. The molecule has 0 radical (unpaired) electrons. The summed E-state index contributed by atoms with van der Waals surface area (Å²) < 4.78 is 46.6. The average molecular weight is 454 g/mol. The number of aliphatic hydroxyl groups is 1. The summed E-state index contributed by atoms with van der Waals surface area (Å²) in [7, 11) is 1.49. The van der Waals surface area contributed by atoms with Crippen molar-refractivity contribution in [2.24, 2.45) is 5.10 Å². The monoisotopic (exact) mass is 453 g/mol. The van der Waals surface area contributed by atoms with Crippen LogP contribution in [0.15, 0.2) is 59.0 Å². The molecule has 4 rings (SSSR count). The van der Waals surface area contributed by atoms with E-state index < -0.39 is 18.3 Å². The second kappa shape index (κ2) is 7.57. The van der Waals surface area contributed by atoms with Crippen molar-refractivity contribution in [3.8, 4) is 17.0 Å². The number of benzene rings is 2. The lowest BCUT2D eigenvalue weighted by Gasteiger charge is -2.32. The van der Waals surface area contributed by atoms with Crippen LogP contribution in [-0.2, 0) is 0 Å². The van der Waals surface area contributed by atoms with Gasteiger partial charge in [0.1, 0.15) is 5.75 Å². The van der Waals surface area contributed by atoms with Crippen LogP contribution in [0.1, 0.15) is 12.0 Å². The van der Waals surface area contributed by atoms with Crippen LogP contribution in [0.4, 0.5) is 18.3 Å².